The van der Waals surface area contributed by atoms with Crippen LogP contribution in [0.5, 0.6) is 5.75 Å². The number of rotatable bonds is 4. The zero-order chi connectivity index (χ0) is 15.6. The summed E-state index contributed by atoms with van der Waals surface area (Å²) in [5.41, 5.74) is 5.80. The summed E-state index contributed by atoms with van der Waals surface area (Å²) in [7, 11) is -2.45. The summed E-state index contributed by atoms with van der Waals surface area (Å²) in [6.45, 7) is 0. The molecule has 112 valence electrons. The average molecular weight is 393 g/mol. The summed E-state index contributed by atoms with van der Waals surface area (Å²) in [6, 6.07) is 5.98. The van der Waals surface area contributed by atoms with Crippen LogP contribution in [0.2, 0.25) is 5.02 Å². The minimum absolute atomic E-state index is 0.107. The molecule has 9 heteroatoms. The lowest BCUT2D eigenvalue weighted by atomic mass is 10.3. The van der Waals surface area contributed by atoms with E-state index in [1.807, 2.05) is 0 Å². The second kappa shape index (κ2) is 6.08. The Bertz CT molecular complexity index is 783. The predicted octanol–water partition coefficient (Wildman–Crippen LogP) is 2.89. The first-order valence-electron chi connectivity index (χ1n) is 5.61. The minimum Gasteiger partial charge on any atom is -0.497 e. The van der Waals surface area contributed by atoms with E-state index in [9.17, 15) is 8.42 Å². The fourth-order valence-corrected chi connectivity index (χ4v) is 3.44. The number of pyridine rings is 1. The van der Waals surface area contributed by atoms with Gasteiger partial charge in [-0.2, -0.15) is 0 Å². The Hall–Kier alpha value is -1.51. The molecule has 2 aromatic rings. The van der Waals surface area contributed by atoms with Crippen molar-refractivity contribution in [2.45, 2.75) is 4.90 Å². The van der Waals surface area contributed by atoms with Gasteiger partial charge in [0.05, 0.1) is 17.8 Å². The Labute approximate surface area is 135 Å². The number of ether oxygens (including phenoxy) is 1. The Morgan fingerprint density at radius 2 is 2.10 bits per heavy atom. The highest BCUT2D eigenvalue weighted by atomic mass is 79.9. The molecule has 2 rings (SSSR count). The van der Waals surface area contributed by atoms with Crippen LogP contribution in [0.3, 0.4) is 0 Å². The van der Waals surface area contributed by atoms with Crippen LogP contribution in [0, 0.1) is 0 Å². The lowest BCUT2D eigenvalue weighted by Gasteiger charge is -2.12. The van der Waals surface area contributed by atoms with E-state index in [0.717, 1.165) is 0 Å². The van der Waals surface area contributed by atoms with Gasteiger partial charge in [-0.05, 0) is 34.1 Å². The summed E-state index contributed by atoms with van der Waals surface area (Å²) in [6.07, 6.45) is 1.41. The number of hydrogen-bond donors (Lipinski definition) is 2. The number of nitrogens with zero attached hydrogens (tertiary/aromatic N) is 1. The Morgan fingerprint density at radius 1 is 1.38 bits per heavy atom. The molecular formula is C12H11BrClN3O3S. The first-order chi connectivity index (χ1) is 9.83. The molecule has 0 amide bonds. The Morgan fingerprint density at radius 3 is 2.76 bits per heavy atom. The topological polar surface area (TPSA) is 94.3 Å². The van der Waals surface area contributed by atoms with E-state index in [1.165, 1.54) is 31.5 Å². The van der Waals surface area contributed by atoms with Crippen LogP contribution in [0.25, 0.3) is 0 Å². The Kier molecular flexibility index (Phi) is 4.60. The lowest BCUT2D eigenvalue weighted by Crippen LogP contribution is -2.16. The summed E-state index contributed by atoms with van der Waals surface area (Å²) < 4.78 is 32.6. The highest BCUT2D eigenvalue weighted by molar-refractivity contribution is 9.10. The number of benzene rings is 1. The quantitative estimate of drug-likeness (QED) is 0.834. The molecule has 1 aromatic heterocycles. The number of hydrogen-bond acceptors (Lipinski definition) is 5. The number of halogens is 2. The number of nitrogen functional groups attached to an aromatic ring is 1. The molecule has 0 unspecified atom stereocenters. The number of methoxy groups -OCH3 is 1. The molecule has 3 N–H and O–H groups in total. The van der Waals surface area contributed by atoms with Crippen LogP contribution in [0.1, 0.15) is 0 Å². The first-order valence-corrected chi connectivity index (χ1v) is 8.26. The highest BCUT2D eigenvalue weighted by Gasteiger charge is 2.20. The molecule has 0 saturated heterocycles. The van der Waals surface area contributed by atoms with Crippen molar-refractivity contribution in [3.63, 3.8) is 0 Å². The molecule has 0 aliphatic heterocycles. The molecule has 0 aliphatic carbocycles. The van der Waals surface area contributed by atoms with Crippen LogP contribution >= 0.6 is 27.5 Å². The van der Waals surface area contributed by atoms with Gasteiger partial charge in [0.25, 0.3) is 10.0 Å². The molecule has 0 spiro atoms. The average Bonchev–Trinajstić information content (AvgIpc) is 2.43. The maximum Gasteiger partial charge on any atom is 0.265 e. The van der Waals surface area contributed by atoms with Gasteiger partial charge < -0.3 is 10.5 Å². The molecule has 0 bridgehead atoms. The standard InChI is InChI=1S/C12H11BrClN3O3S/c1-20-8-2-3-9(14)10(5-8)17-21(18,19)11-4-7(13)6-16-12(11)15/h2-6,17H,1H3,(H2,15,16). The third kappa shape index (κ3) is 3.58. The van der Waals surface area contributed by atoms with Gasteiger partial charge >= 0.3 is 0 Å². The Balaban J connectivity index is 2.44. The smallest absolute Gasteiger partial charge is 0.265 e. The van der Waals surface area contributed by atoms with Crippen molar-refractivity contribution >= 4 is 49.1 Å². The molecule has 0 radical (unpaired) electrons. The van der Waals surface area contributed by atoms with Crippen molar-refractivity contribution < 1.29 is 13.2 Å². The normalized spacial score (nSPS) is 11.2. The van der Waals surface area contributed by atoms with E-state index in [0.29, 0.717) is 10.2 Å². The van der Waals surface area contributed by atoms with E-state index in [-0.39, 0.29) is 21.4 Å². The third-order valence-corrected chi connectivity index (χ3v) is 4.71. The number of nitrogens with one attached hydrogen (secondary N) is 1. The van der Waals surface area contributed by atoms with Crippen LogP contribution in [0.4, 0.5) is 11.5 Å². The maximum atomic E-state index is 12.4. The van der Waals surface area contributed by atoms with E-state index in [2.05, 4.69) is 25.6 Å². The van der Waals surface area contributed by atoms with Crippen LogP contribution < -0.4 is 15.2 Å². The van der Waals surface area contributed by atoms with Gasteiger partial charge in [0.1, 0.15) is 16.5 Å². The molecule has 0 saturated carbocycles. The highest BCUT2D eigenvalue weighted by Crippen LogP contribution is 2.30. The van der Waals surface area contributed by atoms with Crippen LogP contribution in [-0.4, -0.2) is 20.5 Å². The van der Waals surface area contributed by atoms with Gasteiger partial charge in [0, 0.05) is 16.7 Å². The second-order valence-electron chi connectivity index (χ2n) is 3.99. The van der Waals surface area contributed by atoms with Crippen molar-refractivity contribution in [2.75, 3.05) is 17.6 Å². The van der Waals surface area contributed by atoms with Gasteiger partial charge in [0.2, 0.25) is 0 Å². The summed E-state index contributed by atoms with van der Waals surface area (Å²) in [4.78, 5) is 3.65. The number of sulfonamides is 1. The molecule has 1 aromatic carbocycles. The maximum absolute atomic E-state index is 12.4. The first kappa shape index (κ1) is 15.9. The van der Waals surface area contributed by atoms with Crippen molar-refractivity contribution in [3.05, 3.63) is 40.0 Å². The van der Waals surface area contributed by atoms with Gasteiger partial charge in [-0.1, -0.05) is 11.6 Å². The summed E-state index contributed by atoms with van der Waals surface area (Å²) in [5.74, 6) is 0.363. The van der Waals surface area contributed by atoms with E-state index in [4.69, 9.17) is 22.1 Å². The van der Waals surface area contributed by atoms with E-state index < -0.39 is 10.0 Å². The van der Waals surface area contributed by atoms with Crippen molar-refractivity contribution in [2.24, 2.45) is 0 Å². The fraction of sp³-hybridized carbons (Fsp3) is 0.0833. The van der Waals surface area contributed by atoms with Gasteiger partial charge in [-0.25, -0.2) is 13.4 Å². The molecule has 6 nitrogen and oxygen atoms in total. The van der Waals surface area contributed by atoms with Crippen molar-refractivity contribution in [1.29, 1.82) is 0 Å². The number of nitrogens with two attached hydrogens (primary N) is 1. The second-order valence-corrected chi connectivity index (χ2v) is 6.96. The molecule has 0 fully saturated rings. The molecule has 21 heavy (non-hydrogen) atoms. The van der Waals surface area contributed by atoms with Gasteiger partial charge in [-0.3, -0.25) is 4.72 Å². The lowest BCUT2D eigenvalue weighted by molar-refractivity contribution is 0.415. The van der Waals surface area contributed by atoms with E-state index >= 15 is 0 Å². The largest absolute Gasteiger partial charge is 0.497 e. The zero-order valence-electron chi connectivity index (χ0n) is 10.8. The monoisotopic (exact) mass is 391 g/mol. The van der Waals surface area contributed by atoms with Crippen molar-refractivity contribution in [1.82, 2.24) is 4.98 Å². The third-order valence-electron chi connectivity index (χ3n) is 2.56. The zero-order valence-corrected chi connectivity index (χ0v) is 14.0. The summed E-state index contributed by atoms with van der Waals surface area (Å²) in [5, 5.41) is 0.237. The van der Waals surface area contributed by atoms with Gasteiger partial charge in [-0.15, -0.1) is 0 Å². The van der Waals surface area contributed by atoms with Crippen LogP contribution in [0.15, 0.2) is 39.8 Å². The fourth-order valence-electron chi connectivity index (χ4n) is 1.56. The summed E-state index contributed by atoms with van der Waals surface area (Å²) >= 11 is 9.13. The number of anilines is 2. The minimum atomic E-state index is -3.92. The van der Waals surface area contributed by atoms with Crippen LogP contribution in [-0.2, 0) is 10.0 Å². The predicted molar refractivity (Wildman–Crippen MR) is 85.2 cm³/mol. The molecule has 0 atom stereocenters. The van der Waals surface area contributed by atoms with Gasteiger partial charge in [0.15, 0.2) is 0 Å². The number of aromatic nitrogens is 1. The molecule has 0 aliphatic rings. The van der Waals surface area contributed by atoms with Crippen molar-refractivity contribution in [3.8, 4) is 5.75 Å². The molecule has 1 heterocycles. The SMILES string of the molecule is COc1ccc(Cl)c(NS(=O)(=O)c2cc(Br)cnc2N)c1. The van der Waals surface area contributed by atoms with E-state index in [1.54, 1.807) is 6.07 Å². The molecular weight excluding hydrogens is 382 g/mol.